The first-order valence-corrected chi connectivity index (χ1v) is 8.01. The fourth-order valence-electron chi connectivity index (χ4n) is 1.76. The number of ether oxygens (including phenoxy) is 1. The van der Waals surface area contributed by atoms with Crippen molar-refractivity contribution in [3.63, 3.8) is 0 Å². The zero-order valence-corrected chi connectivity index (χ0v) is 14.4. The predicted molar refractivity (Wildman–Crippen MR) is 91.9 cm³/mol. The highest BCUT2D eigenvalue weighted by Gasteiger charge is 2.14. The molecule has 0 radical (unpaired) electrons. The van der Waals surface area contributed by atoms with Crippen molar-refractivity contribution in [1.82, 2.24) is 0 Å². The predicted octanol–water partition coefficient (Wildman–Crippen LogP) is 4.98. The number of hydrogen-bond donors (Lipinski definition) is 1. The van der Waals surface area contributed by atoms with E-state index in [1.165, 1.54) is 0 Å². The van der Waals surface area contributed by atoms with Gasteiger partial charge >= 0.3 is 5.97 Å². The molecule has 0 aliphatic rings. The number of aliphatic carboxylic acids is 1. The molecule has 21 heavy (non-hydrogen) atoms. The van der Waals surface area contributed by atoms with Crippen LogP contribution in [0.25, 0.3) is 0 Å². The smallest absolute Gasteiger partial charge is 0.341 e. The molecule has 2 aromatic rings. The average molecular weight is 437 g/mol. The normalized spacial score (nSPS) is 12.0. The topological polar surface area (TPSA) is 46.5 Å². The second-order valence-corrected chi connectivity index (χ2v) is 6.37. The van der Waals surface area contributed by atoms with Gasteiger partial charge in [-0.05, 0) is 35.4 Å². The van der Waals surface area contributed by atoms with Crippen molar-refractivity contribution in [2.75, 3.05) is 6.61 Å². The molecular formula is C15H11Cl2IO3. The maximum absolute atomic E-state index is 10.4. The fourth-order valence-corrected chi connectivity index (χ4v) is 3.42. The Kier molecular flexibility index (Phi) is 5.72. The SMILES string of the molecule is O=C(O)COc1ccc(C(I)c2ccc(Cl)cc2Cl)cc1. The standard InChI is InChI=1S/C15H11Cl2IO3/c16-10-3-6-12(13(17)7-10)15(18)9-1-4-11(5-2-9)21-8-14(19)20/h1-7,15H,8H2,(H,19,20). The van der Waals surface area contributed by atoms with Crippen molar-refractivity contribution in [2.24, 2.45) is 0 Å². The third-order valence-corrected chi connectivity index (χ3v) is 4.72. The van der Waals surface area contributed by atoms with Crippen molar-refractivity contribution >= 4 is 51.8 Å². The molecule has 0 heterocycles. The van der Waals surface area contributed by atoms with E-state index in [1.54, 1.807) is 24.3 Å². The van der Waals surface area contributed by atoms with Gasteiger partial charge in [-0.3, -0.25) is 0 Å². The van der Waals surface area contributed by atoms with Crippen molar-refractivity contribution in [2.45, 2.75) is 3.92 Å². The van der Waals surface area contributed by atoms with Crippen LogP contribution in [0.15, 0.2) is 42.5 Å². The van der Waals surface area contributed by atoms with Crippen LogP contribution in [0.3, 0.4) is 0 Å². The van der Waals surface area contributed by atoms with Gasteiger partial charge in [0.05, 0.1) is 3.92 Å². The molecule has 0 aliphatic carbocycles. The number of hydrogen-bond acceptors (Lipinski definition) is 2. The lowest BCUT2D eigenvalue weighted by Crippen LogP contribution is -2.09. The Balaban J connectivity index is 2.15. The van der Waals surface area contributed by atoms with E-state index < -0.39 is 5.97 Å². The molecule has 110 valence electrons. The van der Waals surface area contributed by atoms with Crippen LogP contribution < -0.4 is 4.74 Å². The van der Waals surface area contributed by atoms with Crippen LogP contribution >= 0.6 is 45.8 Å². The maximum atomic E-state index is 10.4. The van der Waals surface area contributed by atoms with E-state index in [4.69, 9.17) is 33.0 Å². The van der Waals surface area contributed by atoms with E-state index in [9.17, 15) is 4.79 Å². The monoisotopic (exact) mass is 436 g/mol. The Morgan fingerprint density at radius 1 is 1.19 bits per heavy atom. The molecule has 1 N–H and O–H groups in total. The fraction of sp³-hybridized carbons (Fsp3) is 0.133. The summed E-state index contributed by atoms with van der Waals surface area (Å²) in [7, 11) is 0. The summed E-state index contributed by atoms with van der Waals surface area (Å²) in [6, 6.07) is 12.7. The van der Waals surface area contributed by atoms with Crippen LogP contribution in [0.5, 0.6) is 5.75 Å². The quantitative estimate of drug-likeness (QED) is 0.531. The Hall–Kier alpha value is -0.980. The molecule has 1 atom stereocenters. The minimum Gasteiger partial charge on any atom is -0.482 e. The number of carbonyl (C=O) groups is 1. The van der Waals surface area contributed by atoms with Gasteiger partial charge in [0.25, 0.3) is 0 Å². The van der Waals surface area contributed by atoms with E-state index in [-0.39, 0.29) is 10.5 Å². The minimum atomic E-state index is -1.00. The van der Waals surface area contributed by atoms with Gasteiger partial charge in [0, 0.05) is 10.0 Å². The number of rotatable bonds is 5. The zero-order valence-electron chi connectivity index (χ0n) is 10.7. The third-order valence-electron chi connectivity index (χ3n) is 2.77. The van der Waals surface area contributed by atoms with Crippen LogP contribution in [0.2, 0.25) is 10.0 Å². The molecule has 0 aliphatic heterocycles. The van der Waals surface area contributed by atoms with Gasteiger partial charge in [-0.15, -0.1) is 0 Å². The molecule has 0 saturated carbocycles. The average Bonchev–Trinajstić information content (AvgIpc) is 2.45. The zero-order chi connectivity index (χ0) is 15.4. The molecule has 0 amide bonds. The van der Waals surface area contributed by atoms with Crippen molar-refractivity contribution in [3.05, 3.63) is 63.6 Å². The summed E-state index contributed by atoms with van der Waals surface area (Å²) in [6.45, 7) is -0.351. The Morgan fingerprint density at radius 2 is 1.86 bits per heavy atom. The Bertz CT molecular complexity index is 644. The first kappa shape index (κ1) is 16.4. The van der Waals surface area contributed by atoms with Gasteiger partial charge in [-0.1, -0.05) is 64.0 Å². The molecule has 0 spiro atoms. The number of benzene rings is 2. The molecular weight excluding hydrogens is 426 g/mol. The van der Waals surface area contributed by atoms with Crippen LogP contribution in [0.1, 0.15) is 15.1 Å². The number of alkyl halides is 1. The largest absolute Gasteiger partial charge is 0.482 e. The molecule has 6 heteroatoms. The van der Waals surface area contributed by atoms with Gasteiger partial charge in [0.15, 0.2) is 6.61 Å². The first-order valence-electron chi connectivity index (χ1n) is 6.01. The lowest BCUT2D eigenvalue weighted by Gasteiger charge is -2.13. The van der Waals surface area contributed by atoms with Crippen molar-refractivity contribution < 1.29 is 14.6 Å². The van der Waals surface area contributed by atoms with E-state index in [1.807, 2.05) is 18.2 Å². The second-order valence-electron chi connectivity index (χ2n) is 4.28. The highest BCUT2D eigenvalue weighted by atomic mass is 127. The molecule has 1 unspecified atom stereocenters. The summed E-state index contributed by atoms with van der Waals surface area (Å²) in [5.74, 6) is -0.481. The van der Waals surface area contributed by atoms with Crippen LogP contribution in [0, 0.1) is 0 Å². The molecule has 2 rings (SSSR count). The van der Waals surface area contributed by atoms with Crippen molar-refractivity contribution in [1.29, 1.82) is 0 Å². The Morgan fingerprint density at radius 3 is 2.43 bits per heavy atom. The van der Waals surface area contributed by atoms with Crippen LogP contribution in [-0.4, -0.2) is 17.7 Å². The van der Waals surface area contributed by atoms with Gasteiger partial charge in [-0.2, -0.15) is 0 Å². The van der Waals surface area contributed by atoms with Crippen LogP contribution in [-0.2, 0) is 4.79 Å². The Labute approximate surface area is 146 Å². The molecule has 3 nitrogen and oxygen atoms in total. The van der Waals surface area contributed by atoms with Gasteiger partial charge < -0.3 is 9.84 Å². The summed E-state index contributed by atoms with van der Waals surface area (Å²) in [4.78, 5) is 10.4. The molecule has 0 aromatic heterocycles. The highest BCUT2D eigenvalue weighted by Crippen LogP contribution is 2.37. The maximum Gasteiger partial charge on any atom is 0.341 e. The lowest BCUT2D eigenvalue weighted by atomic mass is 10.0. The highest BCUT2D eigenvalue weighted by molar-refractivity contribution is 14.1. The summed E-state index contributed by atoms with van der Waals surface area (Å²) in [5.41, 5.74) is 2.02. The van der Waals surface area contributed by atoms with E-state index in [0.717, 1.165) is 11.1 Å². The summed E-state index contributed by atoms with van der Waals surface area (Å²) >= 11 is 14.4. The summed E-state index contributed by atoms with van der Waals surface area (Å²) < 4.78 is 5.17. The summed E-state index contributed by atoms with van der Waals surface area (Å²) in [5, 5.41) is 9.79. The molecule has 0 saturated heterocycles. The van der Waals surface area contributed by atoms with Gasteiger partial charge in [-0.25, -0.2) is 4.79 Å². The van der Waals surface area contributed by atoms with Gasteiger partial charge in [0.2, 0.25) is 0 Å². The van der Waals surface area contributed by atoms with E-state index >= 15 is 0 Å². The van der Waals surface area contributed by atoms with Crippen molar-refractivity contribution in [3.8, 4) is 5.75 Å². The lowest BCUT2D eigenvalue weighted by molar-refractivity contribution is -0.139. The van der Waals surface area contributed by atoms with Crippen LogP contribution in [0.4, 0.5) is 0 Å². The third kappa shape index (κ3) is 4.49. The minimum absolute atomic E-state index is 0.0703. The molecule has 2 aromatic carbocycles. The van der Waals surface area contributed by atoms with Gasteiger partial charge in [0.1, 0.15) is 5.75 Å². The second kappa shape index (κ2) is 7.33. The molecule has 0 fully saturated rings. The number of carboxylic acids is 1. The number of carboxylic acid groups (broad SMARTS) is 1. The molecule has 0 bridgehead atoms. The number of halogens is 3. The van der Waals surface area contributed by atoms with E-state index in [0.29, 0.717) is 15.8 Å². The van der Waals surface area contributed by atoms with E-state index in [2.05, 4.69) is 22.6 Å². The first-order chi connectivity index (χ1) is 9.97. The summed E-state index contributed by atoms with van der Waals surface area (Å²) in [6.07, 6.45) is 0.